The van der Waals surface area contributed by atoms with Gasteiger partial charge in [0.15, 0.2) is 0 Å². The Bertz CT molecular complexity index is 546. The lowest BCUT2D eigenvalue weighted by atomic mass is 9.97. The number of hydrogen-bond donors (Lipinski definition) is 2. The van der Waals surface area contributed by atoms with E-state index < -0.39 is 21.9 Å². The molecule has 0 radical (unpaired) electrons. The normalized spacial score (nSPS) is 13.7. The largest absolute Gasteiger partial charge is 0.481 e. The summed E-state index contributed by atoms with van der Waals surface area (Å²) in [5.41, 5.74) is 0.837. The zero-order valence-electron chi connectivity index (χ0n) is 10.8. The highest BCUT2D eigenvalue weighted by Crippen LogP contribution is 2.30. The summed E-state index contributed by atoms with van der Waals surface area (Å²) >= 11 is 4.38. The number of carboxylic acids is 1. The smallest absolute Gasteiger partial charge is 0.308 e. The zero-order chi connectivity index (χ0) is 14.8. The monoisotopic (exact) mass is 369 g/mol. The van der Waals surface area contributed by atoms with Crippen molar-refractivity contribution in [2.24, 2.45) is 11.8 Å². The Labute approximate surface area is 125 Å². The number of hydrogen-bond acceptors (Lipinski definition) is 4. The van der Waals surface area contributed by atoms with Crippen molar-refractivity contribution in [1.29, 1.82) is 0 Å². The van der Waals surface area contributed by atoms with E-state index in [2.05, 4.69) is 20.7 Å². The second-order valence-electron chi connectivity index (χ2n) is 4.56. The van der Waals surface area contributed by atoms with Gasteiger partial charge in [0, 0.05) is 6.54 Å². The van der Waals surface area contributed by atoms with Crippen molar-refractivity contribution in [2.45, 2.75) is 25.0 Å². The van der Waals surface area contributed by atoms with Crippen LogP contribution in [0.15, 0.2) is 14.1 Å². The molecule has 19 heavy (non-hydrogen) atoms. The van der Waals surface area contributed by atoms with Crippen molar-refractivity contribution in [2.75, 3.05) is 6.54 Å². The van der Waals surface area contributed by atoms with E-state index in [1.165, 1.54) is 0 Å². The lowest BCUT2D eigenvalue weighted by molar-refractivity contribution is -0.142. The Balaban J connectivity index is 2.83. The molecule has 0 aliphatic rings. The standard InChI is InChI=1S/C11H16BrNO4S2/c1-6(2)8(11(14)15)5-13-19(16,17)9-4-7(3)10(12)18-9/h4,6,8,13H,5H2,1-3H3,(H,14,15). The van der Waals surface area contributed by atoms with Gasteiger partial charge in [0.05, 0.1) is 9.70 Å². The minimum atomic E-state index is -3.65. The van der Waals surface area contributed by atoms with E-state index in [1.807, 2.05) is 0 Å². The summed E-state index contributed by atoms with van der Waals surface area (Å²) in [7, 11) is -3.65. The molecule has 0 saturated heterocycles. The van der Waals surface area contributed by atoms with Crippen molar-refractivity contribution < 1.29 is 18.3 Å². The maximum atomic E-state index is 12.0. The van der Waals surface area contributed by atoms with E-state index in [9.17, 15) is 13.2 Å². The SMILES string of the molecule is Cc1cc(S(=O)(=O)NCC(C(=O)O)C(C)C)sc1Br. The van der Waals surface area contributed by atoms with Gasteiger partial charge in [-0.2, -0.15) is 0 Å². The maximum absolute atomic E-state index is 12.0. The first-order chi connectivity index (χ1) is 8.65. The topological polar surface area (TPSA) is 83.5 Å². The Morgan fingerprint density at radius 1 is 1.53 bits per heavy atom. The molecular weight excluding hydrogens is 354 g/mol. The molecule has 108 valence electrons. The Morgan fingerprint density at radius 3 is 2.47 bits per heavy atom. The summed E-state index contributed by atoms with van der Waals surface area (Å²) in [6.45, 7) is 5.19. The molecule has 1 aromatic heterocycles. The van der Waals surface area contributed by atoms with E-state index in [0.717, 1.165) is 20.7 Å². The van der Waals surface area contributed by atoms with Gasteiger partial charge in [-0.15, -0.1) is 11.3 Å². The summed E-state index contributed by atoms with van der Waals surface area (Å²) in [5.74, 6) is -1.88. The minimum Gasteiger partial charge on any atom is -0.481 e. The third-order valence-corrected chi connectivity index (χ3v) is 6.75. The second-order valence-corrected chi connectivity index (χ2v) is 8.93. The van der Waals surface area contributed by atoms with Crippen LogP contribution < -0.4 is 4.72 Å². The molecule has 2 N–H and O–H groups in total. The van der Waals surface area contributed by atoms with Gasteiger partial charge < -0.3 is 5.11 Å². The van der Waals surface area contributed by atoms with Gasteiger partial charge in [0.1, 0.15) is 4.21 Å². The average molecular weight is 370 g/mol. The number of nitrogens with one attached hydrogen (secondary N) is 1. The zero-order valence-corrected chi connectivity index (χ0v) is 14.0. The highest BCUT2D eigenvalue weighted by Gasteiger charge is 2.25. The fourth-order valence-corrected chi connectivity index (χ4v) is 4.77. The summed E-state index contributed by atoms with van der Waals surface area (Å²) in [6.07, 6.45) is 0. The molecule has 1 heterocycles. The van der Waals surface area contributed by atoms with Crippen molar-refractivity contribution >= 4 is 43.3 Å². The molecular formula is C11H16BrNO4S2. The summed E-state index contributed by atoms with van der Waals surface area (Å²) < 4.78 is 27.4. The third kappa shape index (κ3) is 4.27. The molecule has 1 rings (SSSR count). The van der Waals surface area contributed by atoms with Crippen molar-refractivity contribution in [3.05, 3.63) is 15.4 Å². The number of carbonyl (C=O) groups is 1. The molecule has 0 saturated carbocycles. The number of sulfonamides is 1. The van der Waals surface area contributed by atoms with E-state index in [1.54, 1.807) is 26.8 Å². The second kappa shape index (κ2) is 6.34. The fourth-order valence-electron chi connectivity index (χ4n) is 1.44. The van der Waals surface area contributed by atoms with E-state index in [0.29, 0.717) is 0 Å². The number of thiophene rings is 1. The van der Waals surface area contributed by atoms with E-state index in [4.69, 9.17) is 5.11 Å². The van der Waals surface area contributed by atoms with Crippen LogP contribution in [0.5, 0.6) is 0 Å². The number of aryl methyl sites for hydroxylation is 1. The van der Waals surface area contributed by atoms with Crippen LogP contribution in [0.2, 0.25) is 0 Å². The summed E-state index contributed by atoms with van der Waals surface area (Å²) in [5, 5.41) is 9.02. The highest BCUT2D eigenvalue weighted by atomic mass is 79.9. The van der Waals surface area contributed by atoms with Crippen molar-refractivity contribution in [3.63, 3.8) is 0 Å². The fraction of sp³-hybridized carbons (Fsp3) is 0.545. The van der Waals surface area contributed by atoms with Gasteiger partial charge in [-0.25, -0.2) is 13.1 Å². The van der Waals surface area contributed by atoms with Gasteiger partial charge >= 0.3 is 5.97 Å². The number of halogens is 1. The number of carboxylic acid groups (broad SMARTS) is 1. The quantitative estimate of drug-likeness (QED) is 0.806. The third-order valence-electron chi connectivity index (χ3n) is 2.71. The molecule has 0 aliphatic carbocycles. The molecule has 0 amide bonds. The molecule has 0 aromatic carbocycles. The molecule has 1 aromatic rings. The molecule has 1 atom stereocenters. The van der Waals surface area contributed by atoms with Crippen LogP contribution >= 0.6 is 27.3 Å². The van der Waals surface area contributed by atoms with Crippen molar-refractivity contribution in [1.82, 2.24) is 4.72 Å². The molecule has 0 aliphatic heterocycles. The summed E-state index contributed by atoms with van der Waals surface area (Å²) in [6, 6.07) is 1.56. The van der Waals surface area contributed by atoms with Gasteiger partial charge in [-0.3, -0.25) is 4.79 Å². The lowest BCUT2D eigenvalue weighted by Gasteiger charge is -2.16. The molecule has 0 bridgehead atoms. The predicted octanol–water partition coefficient (Wildman–Crippen LogP) is 2.45. The van der Waals surface area contributed by atoms with Crippen LogP contribution in [0, 0.1) is 18.8 Å². The average Bonchev–Trinajstić information content (AvgIpc) is 2.59. The van der Waals surface area contributed by atoms with Gasteiger partial charge in [0.25, 0.3) is 0 Å². The van der Waals surface area contributed by atoms with Crippen LogP contribution in [-0.4, -0.2) is 26.0 Å². The van der Waals surface area contributed by atoms with Gasteiger partial charge in [-0.05, 0) is 40.4 Å². The first-order valence-electron chi connectivity index (χ1n) is 5.63. The molecule has 0 spiro atoms. The van der Waals surface area contributed by atoms with Gasteiger partial charge in [0.2, 0.25) is 10.0 Å². The van der Waals surface area contributed by atoms with Crippen molar-refractivity contribution in [3.8, 4) is 0 Å². The van der Waals surface area contributed by atoms with E-state index in [-0.39, 0.29) is 16.7 Å². The Hall–Kier alpha value is -0.440. The molecule has 8 heteroatoms. The lowest BCUT2D eigenvalue weighted by Crippen LogP contribution is -2.35. The maximum Gasteiger partial charge on any atom is 0.308 e. The van der Waals surface area contributed by atoms with Gasteiger partial charge in [-0.1, -0.05) is 13.8 Å². The highest BCUT2D eigenvalue weighted by molar-refractivity contribution is 9.11. The number of rotatable bonds is 6. The first kappa shape index (κ1) is 16.6. The van der Waals surface area contributed by atoms with Crippen LogP contribution in [0.3, 0.4) is 0 Å². The van der Waals surface area contributed by atoms with E-state index >= 15 is 0 Å². The first-order valence-corrected chi connectivity index (χ1v) is 8.73. The minimum absolute atomic E-state index is 0.107. The predicted molar refractivity (Wildman–Crippen MR) is 77.9 cm³/mol. The van der Waals surface area contributed by atoms with Crippen LogP contribution in [0.4, 0.5) is 0 Å². The van der Waals surface area contributed by atoms with Crippen LogP contribution in [0.1, 0.15) is 19.4 Å². The molecule has 5 nitrogen and oxygen atoms in total. The van der Waals surface area contributed by atoms with Crippen LogP contribution in [-0.2, 0) is 14.8 Å². The Morgan fingerprint density at radius 2 is 2.11 bits per heavy atom. The van der Waals surface area contributed by atoms with Crippen LogP contribution in [0.25, 0.3) is 0 Å². The molecule has 1 unspecified atom stereocenters. The summed E-state index contributed by atoms with van der Waals surface area (Å²) in [4.78, 5) is 11.0. The number of aliphatic carboxylic acids is 1. The molecule has 0 fully saturated rings. The Kier molecular flexibility index (Phi) is 5.54.